The first kappa shape index (κ1) is 57.0. The molecule has 17 unspecified atom stereocenters. The molecule has 0 aromatic carbocycles. The number of methoxy groups -OCH3 is 3. The van der Waals surface area contributed by atoms with Crippen LogP contribution in [0.2, 0.25) is 0 Å². The summed E-state index contributed by atoms with van der Waals surface area (Å²) >= 11 is 0. The van der Waals surface area contributed by atoms with Crippen LogP contribution in [0.4, 0.5) is 29.2 Å². The molecule has 4 aromatic heterocycles. The lowest BCUT2D eigenvalue weighted by atomic mass is 10.1. The zero-order valence-corrected chi connectivity index (χ0v) is 43.7. The smallest absolute Gasteiger partial charge is 0.386 e. The molecule has 77 heavy (non-hydrogen) atoms. The molecule has 3 fully saturated rings. The topological polar surface area (TPSA) is 536 Å². The SMILES string of the molecule is COC1C(COP(=O)(O)OP(=O)(O)OP(=O)(O)OCC2OC(n3cnc4c3NC=NC4N)C(OC)C2OP(=O)(O)OCC2OC(n3cnc4c(=O)[nH]c(N)nc43)C(O)C2OC)OC(N2CN(C)c3c2nc(N)[nH]c3=O)C1O. The number of H-pyrrole nitrogens is 2. The highest BCUT2D eigenvalue weighted by atomic mass is 31.3. The van der Waals surface area contributed by atoms with E-state index in [0.717, 1.165) is 20.5 Å². The molecule has 15 N–H and O–H groups in total. The van der Waals surface area contributed by atoms with Gasteiger partial charge in [-0.05, 0) is 0 Å². The van der Waals surface area contributed by atoms with E-state index in [1.807, 2.05) is 0 Å². The van der Waals surface area contributed by atoms with Crippen LogP contribution in [-0.4, -0.2) is 191 Å². The summed E-state index contributed by atoms with van der Waals surface area (Å²) in [7, 11) is -18.2. The van der Waals surface area contributed by atoms with Crippen molar-refractivity contribution < 1.29 is 103 Å². The van der Waals surface area contributed by atoms with Gasteiger partial charge in [0.25, 0.3) is 11.1 Å². The van der Waals surface area contributed by atoms with E-state index in [9.17, 15) is 57.6 Å². The third kappa shape index (κ3) is 11.5. The van der Waals surface area contributed by atoms with Crippen LogP contribution in [0.3, 0.4) is 0 Å². The van der Waals surface area contributed by atoms with E-state index in [-0.39, 0.29) is 52.7 Å². The first-order chi connectivity index (χ1) is 36.2. The summed E-state index contributed by atoms with van der Waals surface area (Å²) in [5.74, 6) is -0.311. The molecule has 4 aromatic rings. The number of phosphoric ester groups is 3. The van der Waals surface area contributed by atoms with E-state index in [0.29, 0.717) is 0 Å². The standard InChI is InChI=1S/C34H51N15O24P4/c1-46-11-49(27-17(46)29(53)45-34(37)43-27)31-19(51)21(63-3)13(69-31)6-66-75(56,57)72-77(60,61)73-76(58,59)67-7-14-22(23(64-4)32(70-14)47-9-40-15-24(35)38-8-39-25(15)47)71-74(54,55)65-5-12-20(62-2)18(50)30(68-12)48-10-41-16-26(48)42-33(36)44-28(16)52/h8-10,12-14,18-24,30-32,50-51H,5-7,11,35H2,1-4H3,(H,38,39)(H,54,55)(H,56,57)(H,58,59)(H,60,61)(H3,36,42,44,52)(H3,37,43,45,53). The molecule has 5 aliphatic heterocycles. The average molecular weight is 1180 g/mol. The number of aliphatic hydroxyl groups excluding tert-OH is 2. The Bertz CT molecular complexity index is 3200. The van der Waals surface area contributed by atoms with Gasteiger partial charge in [0.05, 0.1) is 45.5 Å². The highest BCUT2D eigenvalue weighted by Crippen LogP contribution is 2.68. The van der Waals surface area contributed by atoms with Crippen molar-refractivity contribution in [3.8, 4) is 0 Å². The minimum Gasteiger partial charge on any atom is -0.386 e. The van der Waals surface area contributed by atoms with Gasteiger partial charge in [0.15, 0.2) is 35.7 Å². The number of nitrogens with two attached hydrogens (primary N) is 3. The van der Waals surface area contributed by atoms with Gasteiger partial charge in [0.1, 0.15) is 78.3 Å². The minimum absolute atomic E-state index is 0.0221. The predicted molar refractivity (Wildman–Crippen MR) is 254 cm³/mol. The first-order valence-corrected chi connectivity index (χ1v) is 28.2. The Hall–Kier alpha value is -4.73. The van der Waals surface area contributed by atoms with Crippen LogP contribution in [0, 0.1) is 0 Å². The van der Waals surface area contributed by atoms with Gasteiger partial charge in [-0.2, -0.15) is 18.6 Å². The van der Waals surface area contributed by atoms with Gasteiger partial charge < -0.3 is 90.5 Å². The fourth-order valence-corrected chi connectivity index (χ4v) is 13.6. The Morgan fingerprint density at radius 3 is 1.86 bits per heavy atom. The van der Waals surface area contributed by atoms with E-state index >= 15 is 0 Å². The number of anilines is 5. The fourth-order valence-electron chi connectivity index (χ4n) is 9.13. The monoisotopic (exact) mass is 1180 g/mol. The molecule has 0 saturated carbocycles. The van der Waals surface area contributed by atoms with Crippen LogP contribution >= 0.6 is 31.3 Å². The summed E-state index contributed by atoms with van der Waals surface area (Å²) in [6.07, 6.45) is -14.9. The van der Waals surface area contributed by atoms with Crippen molar-refractivity contribution in [3.63, 3.8) is 0 Å². The largest absolute Gasteiger partial charge is 0.490 e. The third-order valence-electron chi connectivity index (χ3n) is 12.4. The molecule has 9 rings (SSSR count). The number of aromatic amines is 2. The van der Waals surface area contributed by atoms with Gasteiger partial charge in [-0.25, -0.2) is 28.2 Å². The van der Waals surface area contributed by atoms with Crippen molar-refractivity contribution in [2.45, 2.75) is 79.8 Å². The molecule has 0 radical (unpaired) electrons. The van der Waals surface area contributed by atoms with E-state index in [2.05, 4.69) is 48.8 Å². The number of imidazole rings is 2. The van der Waals surface area contributed by atoms with E-state index in [1.54, 1.807) is 7.05 Å². The number of hydrogen-bond acceptors (Lipinski definition) is 31. The Morgan fingerprint density at radius 1 is 0.701 bits per heavy atom. The summed E-state index contributed by atoms with van der Waals surface area (Å²) in [6.45, 7) is -3.09. The second kappa shape index (κ2) is 21.7. The second-order valence-corrected chi connectivity index (χ2v) is 23.3. The Morgan fingerprint density at radius 2 is 1.23 bits per heavy atom. The normalized spacial score (nSPS) is 32.2. The van der Waals surface area contributed by atoms with Crippen molar-refractivity contribution in [3.05, 3.63) is 39.1 Å². The number of nitrogens with zero attached hydrogens (tertiary/aromatic N) is 9. The van der Waals surface area contributed by atoms with Gasteiger partial charge in [-0.1, -0.05) is 0 Å². The molecule has 9 heterocycles. The third-order valence-corrected chi connectivity index (χ3v) is 17.6. The zero-order valence-electron chi connectivity index (χ0n) is 40.1. The van der Waals surface area contributed by atoms with Crippen molar-refractivity contribution >= 4 is 78.0 Å². The molecule has 0 amide bonds. The summed E-state index contributed by atoms with van der Waals surface area (Å²) in [5.41, 5.74) is 16.3. The van der Waals surface area contributed by atoms with Gasteiger partial charge >= 0.3 is 31.3 Å². The van der Waals surface area contributed by atoms with E-state index in [4.69, 9.17) is 63.7 Å². The minimum atomic E-state index is -6.16. The summed E-state index contributed by atoms with van der Waals surface area (Å²) in [6, 6.07) is 0. The first-order valence-electron chi connectivity index (χ1n) is 22.2. The van der Waals surface area contributed by atoms with Gasteiger partial charge in [-0.3, -0.25) is 51.8 Å². The number of aliphatic hydroxyl groups is 2. The molecule has 0 aliphatic carbocycles. The summed E-state index contributed by atoms with van der Waals surface area (Å²) in [4.78, 5) is 95.6. The molecular weight excluding hydrogens is 1130 g/mol. The van der Waals surface area contributed by atoms with Gasteiger partial charge in [0.2, 0.25) is 11.9 Å². The number of rotatable bonds is 21. The van der Waals surface area contributed by atoms with Crippen LogP contribution < -0.4 is 43.4 Å². The molecule has 3 saturated heterocycles. The van der Waals surface area contributed by atoms with Gasteiger partial charge in [-0.15, -0.1) is 0 Å². The van der Waals surface area contributed by atoms with Crippen molar-refractivity contribution in [2.24, 2.45) is 10.7 Å². The number of nitrogens with one attached hydrogen (secondary N) is 3. The van der Waals surface area contributed by atoms with Crippen LogP contribution in [0.1, 0.15) is 24.3 Å². The maximum Gasteiger partial charge on any atom is 0.490 e. The number of phosphoric acid groups is 4. The molecule has 5 aliphatic rings. The Labute approximate surface area is 430 Å². The fraction of sp³-hybridized carbons (Fsp3) is 0.618. The summed E-state index contributed by atoms with van der Waals surface area (Å²) in [5, 5.41) is 25.2. The quantitative estimate of drug-likeness (QED) is 0.0365. The van der Waals surface area contributed by atoms with Crippen LogP contribution in [0.25, 0.3) is 11.2 Å². The molecule has 0 bridgehead atoms. The van der Waals surface area contributed by atoms with Crippen LogP contribution in [-0.2, 0) is 73.4 Å². The second-order valence-electron chi connectivity index (χ2n) is 17.2. The predicted octanol–water partition coefficient (Wildman–Crippen LogP) is -3.25. The lowest BCUT2D eigenvalue weighted by Crippen LogP contribution is -2.46. The zero-order chi connectivity index (χ0) is 55.7. The number of fused-ring (bicyclic) bond motifs is 3. The van der Waals surface area contributed by atoms with Crippen molar-refractivity contribution in [2.75, 3.05) is 81.5 Å². The average Bonchev–Trinajstić information content (AvgIpc) is 4.21. The maximum absolute atomic E-state index is 13.8. The number of hydrogen-bond donors (Lipinski definition) is 12. The summed E-state index contributed by atoms with van der Waals surface area (Å²) < 4.78 is 119. The molecular formula is C34H51N15O24P4. The molecule has 43 heteroatoms. The van der Waals surface area contributed by atoms with Gasteiger partial charge in [0, 0.05) is 28.4 Å². The number of aliphatic imine (C=N–C) groups is 1. The molecule has 17 atom stereocenters. The molecule has 0 spiro atoms. The Balaban J connectivity index is 0.862. The number of ether oxygens (including phenoxy) is 6. The maximum atomic E-state index is 13.8. The van der Waals surface area contributed by atoms with Crippen LogP contribution in [0.15, 0.2) is 27.2 Å². The highest BCUT2D eigenvalue weighted by molar-refractivity contribution is 7.66. The number of aromatic nitrogens is 8. The van der Waals surface area contributed by atoms with E-state index in [1.165, 1.54) is 38.7 Å². The lowest BCUT2D eigenvalue weighted by Gasteiger charge is -2.27. The lowest BCUT2D eigenvalue weighted by molar-refractivity contribution is -0.0608. The van der Waals surface area contributed by atoms with Crippen LogP contribution in [0.5, 0.6) is 0 Å². The molecule has 39 nitrogen and oxygen atoms in total. The highest BCUT2D eigenvalue weighted by Gasteiger charge is 2.55. The Kier molecular flexibility index (Phi) is 16.1. The van der Waals surface area contributed by atoms with E-state index < -0.39 is 142 Å². The number of nitrogen functional groups attached to an aromatic ring is 2. The van der Waals surface area contributed by atoms with Crippen molar-refractivity contribution in [1.29, 1.82) is 0 Å². The molecule has 426 valence electrons. The van der Waals surface area contributed by atoms with Crippen molar-refractivity contribution in [1.82, 2.24) is 39.0 Å².